The first-order valence-corrected chi connectivity index (χ1v) is 10.2. The molecule has 0 bridgehead atoms. The smallest absolute Gasteiger partial charge is 0.328 e. The van der Waals surface area contributed by atoms with Crippen LogP contribution in [0.4, 0.5) is 0 Å². The first kappa shape index (κ1) is 19.7. The Bertz CT molecular complexity index is 1330. The number of carbonyl (C=O) groups is 2. The molecule has 0 radical (unpaired) electrons. The van der Waals surface area contributed by atoms with Crippen LogP contribution in [-0.2, 0) is 9.53 Å². The summed E-state index contributed by atoms with van der Waals surface area (Å²) in [4.78, 5) is 24.2. The Morgan fingerprint density at radius 3 is 2.78 bits per heavy atom. The van der Waals surface area contributed by atoms with Gasteiger partial charge in [-0.25, -0.2) is 9.48 Å². The highest BCUT2D eigenvalue weighted by molar-refractivity contribution is 5.97. The Labute approximate surface area is 183 Å². The summed E-state index contributed by atoms with van der Waals surface area (Å²) in [5.41, 5.74) is 2.77. The lowest BCUT2D eigenvalue weighted by molar-refractivity contribution is -0.139. The van der Waals surface area contributed by atoms with Gasteiger partial charge in [0.15, 0.2) is 0 Å². The van der Waals surface area contributed by atoms with E-state index >= 15 is 0 Å². The van der Waals surface area contributed by atoms with Crippen molar-refractivity contribution in [3.63, 3.8) is 0 Å². The average molecular weight is 428 g/mol. The van der Waals surface area contributed by atoms with Gasteiger partial charge >= 0.3 is 5.97 Å². The molecule has 3 aromatic carbocycles. The van der Waals surface area contributed by atoms with E-state index in [1.54, 1.807) is 30.0 Å². The molecule has 1 aliphatic rings. The molecule has 0 spiro atoms. The first-order chi connectivity index (χ1) is 15.6. The maximum Gasteiger partial charge on any atom is 0.328 e. The molecule has 8 heteroatoms. The molecule has 1 aromatic heterocycles. The van der Waals surface area contributed by atoms with E-state index in [0.717, 1.165) is 22.1 Å². The SMILES string of the molecule is COc1ccc2cc(-c3cn(-c4cccc(C(=O)N[C@H]5CCOC5=O)c4)nn3)ccc2c1. The van der Waals surface area contributed by atoms with E-state index in [1.165, 1.54) is 0 Å². The Morgan fingerprint density at radius 2 is 1.97 bits per heavy atom. The molecule has 1 saturated heterocycles. The zero-order valence-electron chi connectivity index (χ0n) is 17.3. The van der Waals surface area contributed by atoms with Crippen LogP contribution in [0.2, 0.25) is 0 Å². The van der Waals surface area contributed by atoms with Crippen LogP contribution in [0, 0.1) is 0 Å². The van der Waals surface area contributed by atoms with Crippen LogP contribution in [0.5, 0.6) is 5.75 Å². The largest absolute Gasteiger partial charge is 0.497 e. The van der Waals surface area contributed by atoms with Crippen LogP contribution in [0.3, 0.4) is 0 Å². The summed E-state index contributed by atoms with van der Waals surface area (Å²) in [6.45, 7) is 0.327. The maximum absolute atomic E-state index is 12.6. The normalized spacial score (nSPS) is 15.5. The summed E-state index contributed by atoms with van der Waals surface area (Å²) in [6, 6.07) is 18.4. The van der Waals surface area contributed by atoms with E-state index in [1.807, 2.05) is 48.7 Å². The number of fused-ring (bicyclic) bond motifs is 1. The van der Waals surface area contributed by atoms with Crippen LogP contribution in [0.25, 0.3) is 27.7 Å². The van der Waals surface area contributed by atoms with Gasteiger partial charge < -0.3 is 14.8 Å². The fourth-order valence-electron chi connectivity index (χ4n) is 3.69. The number of aromatic nitrogens is 3. The number of esters is 1. The number of carbonyl (C=O) groups excluding carboxylic acids is 2. The van der Waals surface area contributed by atoms with Crippen LogP contribution < -0.4 is 10.1 Å². The predicted molar refractivity (Wildman–Crippen MR) is 118 cm³/mol. The van der Waals surface area contributed by atoms with Crippen molar-refractivity contribution in [2.24, 2.45) is 0 Å². The number of benzene rings is 3. The fourth-order valence-corrected chi connectivity index (χ4v) is 3.69. The van der Waals surface area contributed by atoms with Gasteiger partial charge in [0.1, 0.15) is 17.5 Å². The van der Waals surface area contributed by atoms with Crippen molar-refractivity contribution in [1.82, 2.24) is 20.3 Å². The highest BCUT2D eigenvalue weighted by Gasteiger charge is 2.28. The van der Waals surface area contributed by atoms with Gasteiger partial charge in [-0.05, 0) is 47.2 Å². The highest BCUT2D eigenvalue weighted by Crippen LogP contribution is 2.26. The van der Waals surface area contributed by atoms with E-state index in [2.05, 4.69) is 15.6 Å². The lowest BCUT2D eigenvalue weighted by Gasteiger charge is -2.09. The van der Waals surface area contributed by atoms with Crippen LogP contribution in [-0.4, -0.2) is 46.6 Å². The molecule has 4 aromatic rings. The molecule has 5 rings (SSSR count). The van der Waals surface area contributed by atoms with Crippen molar-refractivity contribution in [2.45, 2.75) is 12.5 Å². The second-order valence-electron chi connectivity index (χ2n) is 7.51. The minimum absolute atomic E-state index is 0.327. The molecule has 1 N–H and O–H groups in total. The molecule has 1 atom stereocenters. The standard InChI is InChI=1S/C24H20N4O4/c1-31-20-8-7-15-11-17(6-5-16(15)13-20)22-14-28(27-26-22)19-4-2-3-18(12-19)23(29)25-21-9-10-32-24(21)30/h2-8,11-14,21H,9-10H2,1H3,(H,25,29)/t21-/m0/s1. The Morgan fingerprint density at radius 1 is 1.12 bits per heavy atom. The molecule has 32 heavy (non-hydrogen) atoms. The van der Waals surface area contributed by atoms with Gasteiger partial charge in [0.25, 0.3) is 5.91 Å². The predicted octanol–water partition coefficient (Wildman–Crippen LogP) is 3.14. The number of ether oxygens (including phenoxy) is 2. The van der Waals surface area contributed by atoms with Crippen molar-refractivity contribution < 1.29 is 19.1 Å². The van der Waals surface area contributed by atoms with Crippen molar-refractivity contribution in [1.29, 1.82) is 0 Å². The third-order valence-corrected chi connectivity index (χ3v) is 5.45. The summed E-state index contributed by atoms with van der Waals surface area (Å²) < 4.78 is 11.8. The van der Waals surface area contributed by atoms with Gasteiger partial charge in [0.2, 0.25) is 0 Å². The lowest BCUT2D eigenvalue weighted by atomic mass is 10.1. The first-order valence-electron chi connectivity index (χ1n) is 10.2. The number of amides is 1. The lowest BCUT2D eigenvalue weighted by Crippen LogP contribution is -2.37. The number of cyclic esters (lactones) is 1. The van der Waals surface area contributed by atoms with E-state index < -0.39 is 12.0 Å². The van der Waals surface area contributed by atoms with Gasteiger partial charge in [0.05, 0.1) is 25.6 Å². The van der Waals surface area contributed by atoms with E-state index in [-0.39, 0.29) is 5.91 Å². The molecule has 0 aliphatic carbocycles. The van der Waals surface area contributed by atoms with E-state index in [0.29, 0.717) is 30.0 Å². The van der Waals surface area contributed by atoms with Crippen LogP contribution in [0.1, 0.15) is 16.8 Å². The van der Waals surface area contributed by atoms with Crippen molar-refractivity contribution in [2.75, 3.05) is 13.7 Å². The van der Waals surface area contributed by atoms with Gasteiger partial charge in [-0.1, -0.05) is 29.5 Å². The Hall–Kier alpha value is -4.20. The minimum atomic E-state index is -0.600. The van der Waals surface area contributed by atoms with Crippen LogP contribution in [0.15, 0.2) is 66.9 Å². The number of hydrogen-bond donors (Lipinski definition) is 1. The second-order valence-corrected chi connectivity index (χ2v) is 7.51. The Kier molecular flexibility index (Phi) is 5.03. The summed E-state index contributed by atoms with van der Waals surface area (Å²) in [6.07, 6.45) is 2.30. The number of hydrogen-bond acceptors (Lipinski definition) is 6. The van der Waals surface area contributed by atoms with Gasteiger partial charge in [-0.3, -0.25) is 4.79 Å². The highest BCUT2D eigenvalue weighted by atomic mass is 16.5. The average Bonchev–Trinajstić information content (AvgIpc) is 3.48. The minimum Gasteiger partial charge on any atom is -0.497 e. The third-order valence-electron chi connectivity index (χ3n) is 5.45. The molecule has 0 saturated carbocycles. The van der Waals surface area contributed by atoms with Crippen molar-refractivity contribution >= 4 is 22.6 Å². The summed E-state index contributed by atoms with van der Waals surface area (Å²) >= 11 is 0. The molecular weight excluding hydrogens is 408 g/mol. The number of rotatable bonds is 5. The van der Waals surface area contributed by atoms with Crippen LogP contribution >= 0.6 is 0 Å². The zero-order chi connectivity index (χ0) is 22.1. The van der Waals surface area contributed by atoms with Gasteiger partial charge in [-0.15, -0.1) is 5.10 Å². The topological polar surface area (TPSA) is 95.3 Å². The molecule has 1 fully saturated rings. The van der Waals surface area contributed by atoms with E-state index in [4.69, 9.17) is 9.47 Å². The van der Waals surface area contributed by atoms with Gasteiger partial charge in [-0.2, -0.15) is 0 Å². The quantitative estimate of drug-likeness (QED) is 0.491. The molecule has 0 unspecified atom stereocenters. The number of nitrogens with one attached hydrogen (secondary N) is 1. The zero-order valence-corrected chi connectivity index (χ0v) is 17.3. The fraction of sp³-hybridized carbons (Fsp3) is 0.167. The molecule has 2 heterocycles. The Balaban J connectivity index is 1.38. The third kappa shape index (κ3) is 3.78. The molecule has 8 nitrogen and oxygen atoms in total. The molecule has 1 aliphatic heterocycles. The van der Waals surface area contributed by atoms with Gasteiger partial charge in [0, 0.05) is 17.5 Å². The maximum atomic E-state index is 12.6. The van der Waals surface area contributed by atoms with Crippen molar-refractivity contribution in [3.8, 4) is 22.7 Å². The molecule has 1 amide bonds. The van der Waals surface area contributed by atoms with Crippen molar-refractivity contribution in [3.05, 3.63) is 72.4 Å². The molecule has 160 valence electrons. The summed E-state index contributed by atoms with van der Waals surface area (Å²) in [5, 5.41) is 13.4. The molecular formula is C24H20N4O4. The monoisotopic (exact) mass is 428 g/mol. The number of nitrogens with zero attached hydrogens (tertiary/aromatic N) is 3. The number of methoxy groups -OCH3 is 1. The van der Waals surface area contributed by atoms with E-state index in [9.17, 15) is 9.59 Å². The summed E-state index contributed by atoms with van der Waals surface area (Å²) in [5.74, 6) is 0.0789. The summed E-state index contributed by atoms with van der Waals surface area (Å²) in [7, 11) is 1.65. The second kappa shape index (κ2) is 8.14.